The number of rotatable bonds is 5. The summed E-state index contributed by atoms with van der Waals surface area (Å²) in [6.45, 7) is 3.79. The van der Waals surface area contributed by atoms with Gasteiger partial charge in [0.15, 0.2) is 16.8 Å². The van der Waals surface area contributed by atoms with E-state index in [0.717, 1.165) is 16.7 Å². The molecular formula is C14H17N3O2S. The van der Waals surface area contributed by atoms with Crippen molar-refractivity contribution in [2.75, 3.05) is 5.75 Å². The standard InChI is InChI=1S/C14H17N3O2S/c1-9-4-5-11(10(2)6-9)12(19)8-20-14-16-15-13(7-18)17(14)3/h4-6,18H,7-8H2,1-3H3. The second kappa shape index (κ2) is 6.19. The van der Waals surface area contributed by atoms with Crippen molar-refractivity contribution in [3.63, 3.8) is 0 Å². The first kappa shape index (κ1) is 14.7. The molecule has 0 aliphatic heterocycles. The smallest absolute Gasteiger partial charge is 0.191 e. The fourth-order valence-electron chi connectivity index (χ4n) is 1.94. The number of aliphatic hydroxyl groups is 1. The van der Waals surface area contributed by atoms with Crippen LogP contribution in [-0.2, 0) is 13.7 Å². The molecular weight excluding hydrogens is 274 g/mol. The third-order valence-corrected chi connectivity index (χ3v) is 4.10. The molecule has 0 saturated heterocycles. The molecule has 0 unspecified atom stereocenters. The summed E-state index contributed by atoms with van der Waals surface area (Å²) < 4.78 is 1.69. The van der Waals surface area contributed by atoms with Crippen LogP contribution in [0.1, 0.15) is 27.3 Å². The van der Waals surface area contributed by atoms with E-state index in [0.29, 0.717) is 16.7 Å². The lowest BCUT2D eigenvalue weighted by molar-refractivity contribution is 0.102. The van der Waals surface area contributed by atoms with Gasteiger partial charge in [-0.25, -0.2) is 0 Å². The van der Waals surface area contributed by atoms with E-state index in [1.165, 1.54) is 11.8 Å². The van der Waals surface area contributed by atoms with E-state index in [9.17, 15) is 4.79 Å². The minimum Gasteiger partial charge on any atom is -0.388 e. The predicted octanol–water partition coefficient (Wildman–Crippen LogP) is 1.90. The first-order chi connectivity index (χ1) is 9.52. The number of ketones is 1. The largest absolute Gasteiger partial charge is 0.388 e. The molecule has 2 rings (SSSR count). The summed E-state index contributed by atoms with van der Waals surface area (Å²) in [6.07, 6.45) is 0. The van der Waals surface area contributed by atoms with E-state index in [4.69, 9.17) is 5.11 Å². The quantitative estimate of drug-likeness (QED) is 0.673. The van der Waals surface area contributed by atoms with Crippen LogP contribution >= 0.6 is 11.8 Å². The van der Waals surface area contributed by atoms with Gasteiger partial charge in [0.1, 0.15) is 6.61 Å². The molecule has 6 heteroatoms. The van der Waals surface area contributed by atoms with Gasteiger partial charge in [0.2, 0.25) is 0 Å². The second-order valence-corrected chi connectivity index (χ2v) is 5.59. The van der Waals surface area contributed by atoms with Crippen LogP contribution in [-0.4, -0.2) is 31.4 Å². The van der Waals surface area contributed by atoms with E-state index < -0.39 is 0 Å². The Hall–Kier alpha value is -1.66. The van der Waals surface area contributed by atoms with Gasteiger partial charge in [0.05, 0.1) is 5.75 Å². The molecule has 2 aromatic rings. The van der Waals surface area contributed by atoms with Crippen LogP contribution in [0.15, 0.2) is 23.4 Å². The van der Waals surface area contributed by atoms with Crippen molar-refractivity contribution >= 4 is 17.5 Å². The van der Waals surface area contributed by atoms with Gasteiger partial charge in [0, 0.05) is 12.6 Å². The Bertz CT molecular complexity index is 637. The van der Waals surface area contributed by atoms with Gasteiger partial charge in [0.25, 0.3) is 0 Å². The Morgan fingerprint density at radius 2 is 2.10 bits per heavy atom. The molecule has 0 bridgehead atoms. The molecule has 1 heterocycles. The van der Waals surface area contributed by atoms with Gasteiger partial charge < -0.3 is 9.67 Å². The van der Waals surface area contributed by atoms with Crippen LogP contribution in [0.4, 0.5) is 0 Å². The van der Waals surface area contributed by atoms with Crippen LogP contribution in [0.3, 0.4) is 0 Å². The second-order valence-electron chi connectivity index (χ2n) is 4.65. The average molecular weight is 291 g/mol. The molecule has 0 atom stereocenters. The van der Waals surface area contributed by atoms with Crippen molar-refractivity contribution in [3.05, 3.63) is 40.7 Å². The topological polar surface area (TPSA) is 68.0 Å². The normalized spacial score (nSPS) is 10.8. The van der Waals surface area contributed by atoms with Gasteiger partial charge >= 0.3 is 0 Å². The SMILES string of the molecule is Cc1ccc(C(=O)CSc2nnc(CO)n2C)c(C)c1. The highest BCUT2D eigenvalue weighted by Crippen LogP contribution is 2.19. The number of aryl methyl sites for hydroxylation is 2. The first-order valence-corrected chi connectivity index (χ1v) is 7.24. The molecule has 1 aromatic carbocycles. The zero-order valence-electron chi connectivity index (χ0n) is 11.8. The molecule has 0 fully saturated rings. The molecule has 0 saturated carbocycles. The van der Waals surface area contributed by atoms with Crippen molar-refractivity contribution in [1.29, 1.82) is 0 Å². The zero-order chi connectivity index (χ0) is 14.7. The summed E-state index contributed by atoms with van der Waals surface area (Å²) in [6, 6.07) is 5.81. The minimum atomic E-state index is -0.158. The van der Waals surface area contributed by atoms with E-state index in [1.807, 2.05) is 32.0 Å². The fourth-order valence-corrected chi connectivity index (χ4v) is 2.76. The van der Waals surface area contributed by atoms with Gasteiger partial charge in [-0.1, -0.05) is 35.5 Å². The fraction of sp³-hybridized carbons (Fsp3) is 0.357. The minimum absolute atomic E-state index is 0.0704. The molecule has 0 spiro atoms. The number of carbonyl (C=O) groups is 1. The van der Waals surface area contributed by atoms with E-state index in [1.54, 1.807) is 11.6 Å². The van der Waals surface area contributed by atoms with Gasteiger partial charge in [-0.2, -0.15) is 0 Å². The van der Waals surface area contributed by atoms with Crippen LogP contribution < -0.4 is 0 Å². The molecule has 20 heavy (non-hydrogen) atoms. The third-order valence-electron chi connectivity index (χ3n) is 3.08. The highest BCUT2D eigenvalue weighted by atomic mass is 32.2. The number of aromatic nitrogens is 3. The number of hydrogen-bond donors (Lipinski definition) is 1. The lowest BCUT2D eigenvalue weighted by atomic mass is 10.0. The number of thioether (sulfide) groups is 1. The van der Waals surface area contributed by atoms with E-state index in [2.05, 4.69) is 10.2 Å². The van der Waals surface area contributed by atoms with Gasteiger partial charge in [-0.05, 0) is 19.4 Å². The Balaban J connectivity index is 2.06. The number of benzene rings is 1. The molecule has 0 amide bonds. The maximum absolute atomic E-state index is 12.2. The zero-order valence-corrected chi connectivity index (χ0v) is 12.6. The summed E-state index contributed by atoms with van der Waals surface area (Å²) in [5, 5.41) is 17.5. The molecule has 0 aliphatic carbocycles. The predicted molar refractivity (Wildman–Crippen MR) is 77.9 cm³/mol. The first-order valence-electron chi connectivity index (χ1n) is 6.25. The third kappa shape index (κ3) is 3.08. The molecule has 5 nitrogen and oxygen atoms in total. The highest BCUT2D eigenvalue weighted by Gasteiger charge is 2.13. The number of Topliss-reactive ketones (excluding diaryl/α,β-unsaturated/α-hetero) is 1. The Morgan fingerprint density at radius 3 is 2.70 bits per heavy atom. The van der Waals surface area contributed by atoms with E-state index in [-0.39, 0.29) is 12.4 Å². The lowest BCUT2D eigenvalue weighted by Gasteiger charge is -2.06. The number of nitrogens with zero attached hydrogens (tertiary/aromatic N) is 3. The molecule has 1 aromatic heterocycles. The van der Waals surface area contributed by atoms with Crippen molar-refractivity contribution < 1.29 is 9.90 Å². The Kier molecular flexibility index (Phi) is 4.57. The van der Waals surface area contributed by atoms with Gasteiger partial charge in [-0.3, -0.25) is 4.79 Å². The molecule has 1 N–H and O–H groups in total. The summed E-state index contributed by atoms with van der Waals surface area (Å²) in [4.78, 5) is 12.2. The highest BCUT2D eigenvalue weighted by molar-refractivity contribution is 7.99. The Morgan fingerprint density at radius 1 is 1.35 bits per heavy atom. The number of hydrogen-bond acceptors (Lipinski definition) is 5. The molecule has 0 aliphatic rings. The number of carbonyl (C=O) groups excluding carboxylic acids is 1. The Labute approximate surface area is 122 Å². The van der Waals surface area contributed by atoms with Crippen LogP contribution in [0.5, 0.6) is 0 Å². The van der Waals surface area contributed by atoms with Crippen LogP contribution in [0.2, 0.25) is 0 Å². The van der Waals surface area contributed by atoms with Crippen LogP contribution in [0.25, 0.3) is 0 Å². The number of aliphatic hydroxyl groups excluding tert-OH is 1. The summed E-state index contributed by atoms with van der Waals surface area (Å²) in [7, 11) is 1.77. The lowest BCUT2D eigenvalue weighted by Crippen LogP contribution is -2.06. The molecule has 106 valence electrons. The monoisotopic (exact) mass is 291 g/mol. The summed E-state index contributed by atoms with van der Waals surface area (Å²) in [5.74, 6) is 0.869. The van der Waals surface area contributed by atoms with E-state index >= 15 is 0 Å². The van der Waals surface area contributed by atoms with Gasteiger partial charge in [-0.15, -0.1) is 10.2 Å². The summed E-state index contributed by atoms with van der Waals surface area (Å²) in [5.41, 5.74) is 2.88. The van der Waals surface area contributed by atoms with Crippen molar-refractivity contribution in [2.24, 2.45) is 7.05 Å². The molecule has 0 radical (unpaired) electrons. The average Bonchev–Trinajstić information content (AvgIpc) is 2.76. The van der Waals surface area contributed by atoms with Crippen LogP contribution in [0, 0.1) is 13.8 Å². The van der Waals surface area contributed by atoms with Crippen molar-refractivity contribution in [1.82, 2.24) is 14.8 Å². The maximum Gasteiger partial charge on any atom is 0.191 e. The van der Waals surface area contributed by atoms with Crippen molar-refractivity contribution in [2.45, 2.75) is 25.6 Å². The summed E-state index contributed by atoms with van der Waals surface area (Å²) >= 11 is 1.33. The van der Waals surface area contributed by atoms with Crippen molar-refractivity contribution in [3.8, 4) is 0 Å². The maximum atomic E-state index is 12.2.